The Morgan fingerprint density at radius 2 is 1.65 bits per heavy atom. The molecule has 248 valence electrons. The molecule has 11 heteroatoms. The molecule has 2 aromatic heterocycles. The van der Waals surface area contributed by atoms with Gasteiger partial charge in [0.2, 0.25) is 5.82 Å². The number of halogens is 2. The van der Waals surface area contributed by atoms with E-state index in [1.807, 2.05) is 59.5 Å². The van der Waals surface area contributed by atoms with E-state index in [1.165, 1.54) is 25.3 Å². The molecule has 2 fully saturated rings. The zero-order chi connectivity index (χ0) is 33.3. The van der Waals surface area contributed by atoms with Crippen LogP contribution in [0.15, 0.2) is 78.9 Å². The fourth-order valence-electron chi connectivity index (χ4n) is 7.19. The zero-order valence-electron chi connectivity index (χ0n) is 26.9. The van der Waals surface area contributed by atoms with Crippen LogP contribution in [0.1, 0.15) is 66.9 Å². The van der Waals surface area contributed by atoms with Gasteiger partial charge in [-0.05, 0) is 114 Å². The summed E-state index contributed by atoms with van der Waals surface area (Å²) in [5, 5.41) is 14.6. The van der Waals surface area contributed by atoms with Gasteiger partial charge in [-0.1, -0.05) is 43.0 Å². The molecule has 0 radical (unpaired) electrons. The predicted molar refractivity (Wildman–Crippen MR) is 187 cm³/mol. The molecule has 3 heterocycles. The lowest BCUT2D eigenvalue weighted by Crippen LogP contribution is -2.27. The highest BCUT2D eigenvalue weighted by molar-refractivity contribution is 6.31. The summed E-state index contributed by atoms with van der Waals surface area (Å²) >= 11 is 6.16. The van der Waals surface area contributed by atoms with Crippen LogP contribution in [0, 0.1) is 5.82 Å². The number of hydrogen-bond donors (Lipinski definition) is 1. The van der Waals surface area contributed by atoms with E-state index >= 15 is 0 Å². The zero-order valence-corrected chi connectivity index (χ0v) is 27.7. The lowest BCUT2D eigenvalue weighted by molar-refractivity contribution is 0.0792. The number of amides is 1. The molecular formula is C38H35ClFN7O2. The maximum Gasteiger partial charge on any atom is 0.253 e. The number of ether oxygens (including phenoxy) is 1. The summed E-state index contributed by atoms with van der Waals surface area (Å²) in [6, 6.07) is 24.8. The normalized spacial score (nSPS) is 15.3. The first-order chi connectivity index (χ1) is 24.0. The monoisotopic (exact) mass is 675 g/mol. The van der Waals surface area contributed by atoms with E-state index in [1.54, 1.807) is 12.1 Å². The fourth-order valence-corrected chi connectivity index (χ4v) is 7.37. The van der Waals surface area contributed by atoms with Crippen molar-refractivity contribution in [3.8, 4) is 39.7 Å². The largest absolute Gasteiger partial charge is 0.489 e. The summed E-state index contributed by atoms with van der Waals surface area (Å²) in [4.78, 5) is 20.3. The Labute approximate surface area is 288 Å². The Morgan fingerprint density at radius 3 is 2.41 bits per heavy atom. The quantitative estimate of drug-likeness (QED) is 0.173. The Hall–Kier alpha value is -5.09. The highest BCUT2D eigenvalue weighted by atomic mass is 35.5. The van der Waals surface area contributed by atoms with E-state index in [0.29, 0.717) is 23.2 Å². The van der Waals surface area contributed by atoms with Crippen LogP contribution in [0.2, 0.25) is 5.02 Å². The van der Waals surface area contributed by atoms with Crippen LogP contribution < -0.4 is 4.74 Å². The number of carbonyl (C=O) groups is 1. The summed E-state index contributed by atoms with van der Waals surface area (Å²) in [5.41, 5.74) is 6.84. The molecule has 1 saturated carbocycles. The minimum absolute atomic E-state index is 0.0112. The number of aromatic amines is 1. The molecule has 4 aromatic carbocycles. The van der Waals surface area contributed by atoms with Gasteiger partial charge >= 0.3 is 0 Å². The van der Waals surface area contributed by atoms with Crippen LogP contribution in [0.3, 0.4) is 0 Å². The average molecular weight is 676 g/mol. The second-order valence-electron chi connectivity index (χ2n) is 12.8. The molecule has 2 aliphatic rings. The summed E-state index contributed by atoms with van der Waals surface area (Å²) in [6.07, 6.45) is 7.94. The minimum Gasteiger partial charge on any atom is -0.489 e. The number of imidazole rings is 1. The van der Waals surface area contributed by atoms with Crippen LogP contribution in [0.25, 0.3) is 44.9 Å². The molecule has 0 spiro atoms. The molecule has 9 nitrogen and oxygen atoms in total. The SMILES string of the molecule is O=C(c1ccc(-c2ccc(F)c(Cl)c2)c(COc2ccc(-c3nc4cc(-c5nn[nH]n5)ccc4n3C3CCCCC3)cc2)c1)N1CCCC1. The number of aromatic nitrogens is 6. The molecular weight excluding hydrogens is 641 g/mol. The number of tetrazole rings is 1. The lowest BCUT2D eigenvalue weighted by atomic mass is 9.95. The van der Waals surface area contributed by atoms with Crippen molar-refractivity contribution in [2.75, 3.05) is 13.1 Å². The first-order valence-corrected chi connectivity index (χ1v) is 17.3. The molecule has 1 saturated heterocycles. The molecule has 1 N–H and O–H groups in total. The number of rotatable bonds is 8. The fraction of sp³-hybridized carbons (Fsp3) is 0.289. The molecule has 1 aliphatic carbocycles. The topological polar surface area (TPSA) is 102 Å². The first-order valence-electron chi connectivity index (χ1n) is 16.9. The van der Waals surface area contributed by atoms with Gasteiger partial charge in [0.15, 0.2) is 0 Å². The highest BCUT2D eigenvalue weighted by Crippen LogP contribution is 2.37. The minimum atomic E-state index is -0.478. The highest BCUT2D eigenvalue weighted by Gasteiger charge is 2.24. The van der Waals surface area contributed by atoms with E-state index in [9.17, 15) is 9.18 Å². The van der Waals surface area contributed by atoms with Crippen molar-refractivity contribution in [1.82, 2.24) is 35.1 Å². The molecule has 0 atom stereocenters. The van der Waals surface area contributed by atoms with Gasteiger partial charge in [0.05, 0.1) is 16.1 Å². The van der Waals surface area contributed by atoms with Crippen molar-refractivity contribution >= 4 is 28.5 Å². The number of hydrogen-bond acceptors (Lipinski definition) is 6. The van der Waals surface area contributed by atoms with Gasteiger partial charge in [0.1, 0.15) is 24.0 Å². The van der Waals surface area contributed by atoms with Crippen molar-refractivity contribution in [1.29, 1.82) is 0 Å². The smallest absolute Gasteiger partial charge is 0.253 e. The number of benzene rings is 4. The molecule has 8 rings (SSSR count). The van der Waals surface area contributed by atoms with E-state index in [4.69, 9.17) is 21.3 Å². The van der Waals surface area contributed by atoms with Crippen molar-refractivity contribution in [3.05, 3.63) is 101 Å². The maximum atomic E-state index is 14.0. The third-order valence-corrected chi connectivity index (χ3v) is 10.0. The number of fused-ring (bicyclic) bond motifs is 1. The molecule has 0 bridgehead atoms. The van der Waals surface area contributed by atoms with Crippen LogP contribution in [0.4, 0.5) is 4.39 Å². The standard InChI is InChI=1S/C38H35ClFN7O2/c39-32-21-25(11-16-33(32)40)31-15-10-27(38(48)46-18-4-5-19-46)20-28(31)23-49-30-13-8-24(9-14-30)37-41-34-22-26(36-42-44-45-43-36)12-17-35(34)47(37)29-6-2-1-3-7-29/h8-17,20-22,29H,1-7,18-19,23H2,(H,42,43,44,45). The summed E-state index contributed by atoms with van der Waals surface area (Å²) in [6.45, 7) is 1.74. The first kappa shape index (κ1) is 31.2. The third-order valence-electron chi connectivity index (χ3n) is 9.72. The Kier molecular flexibility index (Phi) is 8.55. The predicted octanol–water partition coefficient (Wildman–Crippen LogP) is 8.66. The molecule has 0 unspecified atom stereocenters. The number of carbonyl (C=O) groups excluding carboxylic acids is 1. The average Bonchev–Trinajstić information content (AvgIpc) is 3.94. The van der Waals surface area contributed by atoms with Gasteiger partial charge in [-0.15, -0.1) is 10.2 Å². The van der Waals surface area contributed by atoms with Crippen molar-refractivity contribution in [3.63, 3.8) is 0 Å². The Bertz CT molecular complexity index is 2120. The summed E-state index contributed by atoms with van der Waals surface area (Å²) < 4.78 is 22.8. The van der Waals surface area contributed by atoms with E-state index in [-0.39, 0.29) is 17.5 Å². The number of likely N-dealkylation sites (tertiary alicyclic amines) is 1. The van der Waals surface area contributed by atoms with E-state index in [0.717, 1.165) is 83.4 Å². The third kappa shape index (κ3) is 6.28. The lowest BCUT2D eigenvalue weighted by Gasteiger charge is -2.25. The van der Waals surface area contributed by atoms with Gasteiger partial charge in [-0.3, -0.25) is 4.79 Å². The maximum absolute atomic E-state index is 14.0. The molecule has 6 aromatic rings. The van der Waals surface area contributed by atoms with Crippen LogP contribution in [0.5, 0.6) is 5.75 Å². The van der Waals surface area contributed by atoms with Crippen molar-refractivity contribution in [2.45, 2.75) is 57.6 Å². The number of nitrogens with zero attached hydrogens (tertiary/aromatic N) is 6. The number of H-pyrrole nitrogens is 1. The van der Waals surface area contributed by atoms with Crippen LogP contribution in [-0.2, 0) is 6.61 Å². The second kappa shape index (κ2) is 13.4. The van der Waals surface area contributed by atoms with Gasteiger partial charge in [0.25, 0.3) is 5.91 Å². The van der Waals surface area contributed by atoms with Crippen molar-refractivity contribution < 1.29 is 13.9 Å². The molecule has 49 heavy (non-hydrogen) atoms. The van der Waals surface area contributed by atoms with Gasteiger partial charge in [-0.25, -0.2) is 9.37 Å². The van der Waals surface area contributed by atoms with Gasteiger partial charge < -0.3 is 14.2 Å². The van der Waals surface area contributed by atoms with E-state index in [2.05, 4.69) is 31.3 Å². The van der Waals surface area contributed by atoms with Crippen molar-refractivity contribution in [2.24, 2.45) is 0 Å². The second-order valence-corrected chi connectivity index (χ2v) is 13.3. The molecule has 1 aliphatic heterocycles. The van der Waals surface area contributed by atoms with Crippen LogP contribution in [-0.4, -0.2) is 54.1 Å². The summed E-state index contributed by atoms with van der Waals surface area (Å²) in [5.74, 6) is 1.67. The summed E-state index contributed by atoms with van der Waals surface area (Å²) in [7, 11) is 0. The van der Waals surface area contributed by atoms with Gasteiger partial charge in [-0.2, -0.15) is 5.21 Å². The number of nitrogens with one attached hydrogen (secondary N) is 1. The Morgan fingerprint density at radius 1 is 0.878 bits per heavy atom. The Balaban J connectivity index is 1.09. The van der Waals surface area contributed by atoms with E-state index < -0.39 is 5.82 Å². The van der Waals surface area contributed by atoms with Crippen LogP contribution >= 0.6 is 11.6 Å². The molecule has 1 amide bonds. The van der Waals surface area contributed by atoms with Gasteiger partial charge in [0, 0.05) is 35.8 Å².